The van der Waals surface area contributed by atoms with Crippen molar-refractivity contribution in [2.45, 2.75) is 103 Å². The number of rotatable bonds is 14. The normalized spacial score (nSPS) is 19.4. The minimum Gasteiger partial charge on any atom is -0.461 e. The van der Waals surface area contributed by atoms with Crippen LogP contribution in [0.25, 0.3) is 0 Å². The van der Waals surface area contributed by atoms with E-state index in [0.29, 0.717) is 6.42 Å². The standard InChI is InChI=1S/C24H41N3O5/c1-5-7-9-10-12-19(11-8-6-2)32-23(29)18-27-21(28)15-16-26(24(27)30)22-14-13-20(31-22)17-25(3)4/h15-16,19-20,22H,5-14,17-18H2,1-4H3. The van der Waals surface area contributed by atoms with Gasteiger partial charge in [-0.05, 0) is 46.2 Å². The summed E-state index contributed by atoms with van der Waals surface area (Å²) >= 11 is 0. The largest absolute Gasteiger partial charge is 0.461 e. The lowest BCUT2D eigenvalue weighted by Gasteiger charge is -2.20. The molecule has 3 unspecified atom stereocenters. The van der Waals surface area contributed by atoms with Gasteiger partial charge in [0.15, 0.2) is 0 Å². The first-order chi connectivity index (χ1) is 15.3. The van der Waals surface area contributed by atoms with Crippen molar-refractivity contribution >= 4 is 5.97 Å². The van der Waals surface area contributed by atoms with E-state index in [-0.39, 0.29) is 18.8 Å². The molecule has 0 spiro atoms. The number of carbonyl (C=O) groups excluding carboxylic acids is 1. The van der Waals surface area contributed by atoms with E-state index in [2.05, 4.69) is 13.8 Å². The van der Waals surface area contributed by atoms with Crippen LogP contribution in [0.15, 0.2) is 21.9 Å². The molecule has 3 atom stereocenters. The van der Waals surface area contributed by atoms with Crippen molar-refractivity contribution in [3.8, 4) is 0 Å². The number of aromatic nitrogens is 2. The lowest BCUT2D eigenvalue weighted by Crippen LogP contribution is -2.42. The Balaban J connectivity index is 2.04. The highest BCUT2D eigenvalue weighted by Crippen LogP contribution is 2.27. The van der Waals surface area contributed by atoms with Gasteiger partial charge in [-0.25, -0.2) is 9.36 Å². The third kappa shape index (κ3) is 8.20. The fourth-order valence-electron chi connectivity index (χ4n) is 4.17. The van der Waals surface area contributed by atoms with Gasteiger partial charge < -0.3 is 14.4 Å². The van der Waals surface area contributed by atoms with Gasteiger partial charge >= 0.3 is 11.7 Å². The number of esters is 1. The fourth-order valence-corrected chi connectivity index (χ4v) is 4.17. The number of hydrogen-bond acceptors (Lipinski definition) is 6. The Hall–Kier alpha value is -1.93. The van der Waals surface area contributed by atoms with E-state index in [0.717, 1.165) is 62.5 Å². The van der Waals surface area contributed by atoms with E-state index in [9.17, 15) is 14.4 Å². The molecule has 1 aromatic heterocycles. The predicted octanol–water partition coefficient (Wildman–Crippen LogP) is 3.32. The Morgan fingerprint density at radius 2 is 1.84 bits per heavy atom. The molecule has 182 valence electrons. The summed E-state index contributed by atoms with van der Waals surface area (Å²) in [4.78, 5) is 40.0. The highest BCUT2D eigenvalue weighted by atomic mass is 16.5. The van der Waals surface area contributed by atoms with Crippen LogP contribution in [0.4, 0.5) is 0 Å². The summed E-state index contributed by atoms with van der Waals surface area (Å²) in [6.07, 6.45) is 10.6. The predicted molar refractivity (Wildman–Crippen MR) is 125 cm³/mol. The van der Waals surface area contributed by atoms with Crippen LogP contribution in [0, 0.1) is 0 Å². The first kappa shape index (κ1) is 26.3. The topological polar surface area (TPSA) is 82.8 Å². The monoisotopic (exact) mass is 451 g/mol. The van der Waals surface area contributed by atoms with Gasteiger partial charge in [-0.15, -0.1) is 0 Å². The molecule has 0 saturated carbocycles. The Bertz CT molecular complexity index is 817. The Labute approximate surface area is 191 Å². The van der Waals surface area contributed by atoms with E-state index in [1.54, 1.807) is 0 Å². The molecule has 8 heteroatoms. The molecule has 2 rings (SSSR count). The number of ether oxygens (including phenoxy) is 2. The van der Waals surface area contributed by atoms with Crippen LogP contribution < -0.4 is 11.2 Å². The van der Waals surface area contributed by atoms with Gasteiger partial charge in [0.25, 0.3) is 5.56 Å². The van der Waals surface area contributed by atoms with Crippen molar-refractivity contribution in [3.05, 3.63) is 33.1 Å². The lowest BCUT2D eigenvalue weighted by atomic mass is 10.0. The average molecular weight is 452 g/mol. The van der Waals surface area contributed by atoms with Gasteiger partial charge in [-0.1, -0.05) is 46.0 Å². The maximum Gasteiger partial charge on any atom is 0.333 e. The fraction of sp³-hybridized carbons (Fsp3) is 0.792. The lowest BCUT2D eigenvalue weighted by molar-refractivity contribution is -0.150. The zero-order valence-electron chi connectivity index (χ0n) is 20.3. The third-order valence-electron chi connectivity index (χ3n) is 5.90. The van der Waals surface area contributed by atoms with Crippen LogP contribution in [0.5, 0.6) is 0 Å². The van der Waals surface area contributed by atoms with Gasteiger partial charge in [0.2, 0.25) is 0 Å². The van der Waals surface area contributed by atoms with Crippen LogP contribution >= 0.6 is 0 Å². The number of unbranched alkanes of at least 4 members (excludes halogenated alkanes) is 4. The van der Waals surface area contributed by atoms with E-state index >= 15 is 0 Å². The van der Waals surface area contributed by atoms with Crippen molar-refractivity contribution in [2.24, 2.45) is 0 Å². The number of hydrogen-bond donors (Lipinski definition) is 0. The summed E-state index contributed by atoms with van der Waals surface area (Å²) in [6, 6.07) is 1.32. The summed E-state index contributed by atoms with van der Waals surface area (Å²) < 4.78 is 14.1. The molecule has 32 heavy (non-hydrogen) atoms. The van der Waals surface area contributed by atoms with Crippen molar-refractivity contribution in [1.29, 1.82) is 0 Å². The molecule has 1 fully saturated rings. The minimum atomic E-state index is -0.531. The number of nitrogens with zero attached hydrogens (tertiary/aromatic N) is 3. The highest BCUT2D eigenvalue weighted by molar-refractivity contribution is 5.69. The molecule has 0 aliphatic carbocycles. The molecule has 0 N–H and O–H groups in total. The second-order valence-electron chi connectivity index (χ2n) is 9.09. The molecule has 8 nitrogen and oxygen atoms in total. The van der Waals surface area contributed by atoms with Gasteiger partial charge in [0.1, 0.15) is 18.9 Å². The minimum absolute atomic E-state index is 0.0410. The maximum atomic E-state index is 13.0. The molecule has 1 aromatic rings. The molecule has 1 saturated heterocycles. The molecular formula is C24H41N3O5. The Morgan fingerprint density at radius 1 is 1.12 bits per heavy atom. The van der Waals surface area contributed by atoms with Crippen molar-refractivity contribution in [3.63, 3.8) is 0 Å². The average Bonchev–Trinajstić information content (AvgIpc) is 3.19. The Morgan fingerprint density at radius 3 is 2.53 bits per heavy atom. The van der Waals surface area contributed by atoms with E-state index in [1.165, 1.54) is 23.3 Å². The van der Waals surface area contributed by atoms with Gasteiger partial charge in [0, 0.05) is 18.8 Å². The van der Waals surface area contributed by atoms with Crippen molar-refractivity contribution in [2.75, 3.05) is 20.6 Å². The number of likely N-dealkylation sites (N-methyl/N-ethyl adjacent to an activating group) is 1. The first-order valence-corrected chi connectivity index (χ1v) is 12.2. The van der Waals surface area contributed by atoms with Crippen LogP contribution in [0.1, 0.15) is 84.3 Å². The van der Waals surface area contributed by atoms with Crippen LogP contribution in [0.3, 0.4) is 0 Å². The number of carbonyl (C=O) groups is 1. The Kier molecular flexibility index (Phi) is 11.2. The van der Waals surface area contributed by atoms with Gasteiger partial charge in [-0.2, -0.15) is 0 Å². The molecule has 0 aromatic carbocycles. The van der Waals surface area contributed by atoms with E-state index in [1.807, 2.05) is 19.0 Å². The summed E-state index contributed by atoms with van der Waals surface area (Å²) in [5.41, 5.74) is -1.03. The van der Waals surface area contributed by atoms with E-state index < -0.39 is 23.4 Å². The summed E-state index contributed by atoms with van der Waals surface area (Å²) in [7, 11) is 3.96. The van der Waals surface area contributed by atoms with Crippen LogP contribution in [0.2, 0.25) is 0 Å². The molecule has 1 aliphatic rings. The highest BCUT2D eigenvalue weighted by Gasteiger charge is 2.28. The zero-order valence-corrected chi connectivity index (χ0v) is 20.3. The molecule has 1 aliphatic heterocycles. The summed E-state index contributed by atoms with van der Waals surface area (Å²) in [5, 5.41) is 0. The van der Waals surface area contributed by atoms with Gasteiger partial charge in [0.05, 0.1) is 6.10 Å². The van der Waals surface area contributed by atoms with Crippen LogP contribution in [-0.4, -0.2) is 52.9 Å². The molecular weight excluding hydrogens is 410 g/mol. The van der Waals surface area contributed by atoms with E-state index in [4.69, 9.17) is 9.47 Å². The quantitative estimate of drug-likeness (QED) is 0.319. The smallest absolute Gasteiger partial charge is 0.333 e. The molecule has 0 radical (unpaired) electrons. The zero-order chi connectivity index (χ0) is 23.5. The summed E-state index contributed by atoms with van der Waals surface area (Å²) in [5.74, 6) is -0.531. The molecule has 0 bridgehead atoms. The van der Waals surface area contributed by atoms with Gasteiger partial charge in [-0.3, -0.25) is 14.2 Å². The summed E-state index contributed by atoms with van der Waals surface area (Å²) in [6.45, 7) is 4.67. The second-order valence-corrected chi connectivity index (χ2v) is 9.09. The van der Waals surface area contributed by atoms with Crippen molar-refractivity contribution in [1.82, 2.24) is 14.0 Å². The SMILES string of the molecule is CCCCCCC(CCCC)OC(=O)Cn1c(=O)ccn(C2CCC(CN(C)C)O2)c1=O. The third-order valence-corrected chi connectivity index (χ3v) is 5.90. The first-order valence-electron chi connectivity index (χ1n) is 12.2. The molecule has 2 heterocycles. The second kappa shape index (κ2) is 13.6. The van der Waals surface area contributed by atoms with Crippen molar-refractivity contribution < 1.29 is 14.3 Å². The maximum absolute atomic E-state index is 13.0. The van der Waals surface area contributed by atoms with Crippen LogP contribution in [-0.2, 0) is 20.8 Å². The molecule has 0 amide bonds.